The number of hydrogen-bond donors (Lipinski definition) is 0. The standard InChI is InChI=1S/C35H37N/c1-8-10-15-29(5)30-16-11-17-31(25-30)35(6,7)32-18-12-19-34(26-32)36(24-13-14-27(3)9-2)33-22-20-28(4)21-23-33/h8-26H,1-2,5H2,3-4,6-7H3/b15-10-,24-13+,27-14-. The predicted octanol–water partition coefficient (Wildman–Crippen LogP) is 9.86. The summed E-state index contributed by atoms with van der Waals surface area (Å²) >= 11 is 0. The van der Waals surface area contributed by atoms with Crippen LogP contribution in [0.15, 0.2) is 141 Å². The van der Waals surface area contributed by atoms with Crippen molar-refractivity contribution in [1.29, 1.82) is 0 Å². The molecule has 0 heterocycles. The molecule has 0 saturated heterocycles. The van der Waals surface area contributed by atoms with Gasteiger partial charge in [0.25, 0.3) is 0 Å². The molecule has 0 saturated carbocycles. The number of nitrogens with zero attached hydrogens (tertiary/aromatic N) is 1. The minimum absolute atomic E-state index is 0.198. The molecule has 182 valence electrons. The molecule has 0 spiro atoms. The Labute approximate surface area is 217 Å². The van der Waals surface area contributed by atoms with E-state index in [0.29, 0.717) is 0 Å². The van der Waals surface area contributed by atoms with Gasteiger partial charge in [-0.3, -0.25) is 0 Å². The summed E-state index contributed by atoms with van der Waals surface area (Å²) in [5.41, 5.74) is 8.96. The molecule has 0 bridgehead atoms. The normalized spacial score (nSPS) is 12.2. The van der Waals surface area contributed by atoms with E-state index in [-0.39, 0.29) is 5.41 Å². The average molecular weight is 472 g/mol. The molecule has 0 aliphatic rings. The van der Waals surface area contributed by atoms with Crippen LogP contribution in [0, 0.1) is 6.92 Å². The summed E-state index contributed by atoms with van der Waals surface area (Å²) in [6.07, 6.45) is 13.8. The highest BCUT2D eigenvalue weighted by Crippen LogP contribution is 2.36. The first kappa shape index (κ1) is 26.5. The molecule has 3 aromatic rings. The van der Waals surface area contributed by atoms with Crippen LogP contribution in [0.5, 0.6) is 0 Å². The van der Waals surface area contributed by atoms with Crippen LogP contribution < -0.4 is 4.90 Å². The van der Waals surface area contributed by atoms with Crippen LogP contribution in [0.4, 0.5) is 11.4 Å². The van der Waals surface area contributed by atoms with E-state index < -0.39 is 0 Å². The summed E-state index contributed by atoms with van der Waals surface area (Å²) in [5, 5.41) is 0. The summed E-state index contributed by atoms with van der Waals surface area (Å²) < 4.78 is 0. The van der Waals surface area contributed by atoms with Crippen molar-refractivity contribution in [3.63, 3.8) is 0 Å². The van der Waals surface area contributed by atoms with Crippen molar-refractivity contribution in [2.75, 3.05) is 4.90 Å². The molecule has 1 heteroatoms. The molecule has 0 radical (unpaired) electrons. The van der Waals surface area contributed by atoms with Gasteiger partial charge in [-0.1, -0.05) is 124 Å². The van der Waals surface area contributed by atoms with Crippen LogP contribution >= 0.6 is 0 Å². The minimum atomic E-state index is -0.198. The second-order valence-electron chi connectivity index (χ2n) is 9.54. The molecule has 36 heavy (non-hydrogen) atoms. The molecule has 3 aromatic carbocycles. The molecular weight excluding hydrogens is 434 g/mol. The zero-order valence-electron chi connectivity index (χ0n) is 22.0. The minimum Gasteiger partial charge on any atom is -0.317 e. The highest BCUT2D eigenvalue weighted by atomic mass is 15.1. The van der Waals surface area contributed by atoms with Crippen LogP contribution in [0.3, 0.4) is 0 Å². The van der Waals surface area contributed by atoms with E-state index in [1.54, 1.807) is 6.08 Å². The maximum Gasteiger partial charge on any atom is 0.0458 e. The molecule has 0 unspecified atom stereocenters. The number of benzene rings is 3. The van der Waals surface area contributed by atoms with Gasteiger partial charge in [-0.2, -0.15) is 0 Å². The van der Waals surface area contributed by atoms with Gasteiger partial charge in [0.2, 0.25) is 0 Å². The summed E-state index contributed by atoms with van der Waals surface area (Å²) in [4.78, 5) is 2.23. The number of rotatable bonds is 10. The Kier molecular flexibility index (Phi) is 8.86. The van der Waals surface area contributed by atoms with Crippen molar-refractivity contribution < 1.29 is 0 Å². The van der Waals surface area contributed by atoms with Crippen LogP contribution in [0.25, 0.3) is 5.57 Å². The van der Waals surface area contributed by atoms with Crippen molar-refractivity contribution in [3.05, 3.63) is 163 Å². The molecule has 3 rings (SSSR count). The van der Waals surface area contributed by atoms with E-state index in [4.69, 9.17) is 0 Å². The number of aryl methyl sites for hydroxylation is 1. The monoisotopic (exact) mass is 471 g/mol. The van der Waals surface area contributed by atoms with E-state index in [9.17, 15) is 0 Å². The first-order valence-electron chi connectivity index (χ1n) is 12.3. The summed E-state index contributed by atoms with van der Waals surface area (Å²) in [5.74, 6) is 0. The molecule has 0 amide bonds. The zero-order chi connectivity index (χ0) is 26.1. The molecule has 1 nitrogen and oxygen atoms in total. The number of allylic oxidation sites excluding steroid dienone is 8. The van der Waals surface area contributed by atoms with Crippen molar-refractivity contribution in [1.82, 2.24) is 0 Å². The largest absolute Gasteiger partial charge is 0.317 e. The highest BCUT2D eigenvalue weighted by molar-refractivity contribution is 5.73. The van der Waals surface area contributed by atoms with Crippen LogP contribution in [-0.2, 0) is 5.41 Å². The third-order valence-electron chi connectivity index (χ3n) is 6.46. The molecule has 0 atom stereocenters. The Hall–Kier alpha value is -4.10. The third-order valence-corrected chi connectivity index (χ3v) is 6.46. The fourth-order valence-corrected chi connectivity index (χ4v) is 3.97. The van der Waals surface area contributed by atoms with Crippen molar-refractivity contribution >= 4 is 16.9 Å². The van der Waals surface area contributed by atoms with Gasteiger partial charge in [-0.15, -0.1) is 0 Å². The number of anilines is 2. The lowest BCUT2D eigenvalue weighted by Gasteiger charge is -2.29. The third kappa shape index (κ3) is 6.52. The molecule has 0 N–H and O–H groups in total. The quantitative estimate of drug-likeness (QED) is 0.266. The Morgan fingerprint density at radius 3 is 2.17 bits per heavy atom. The van der Waals surface area contributed by atoms with Gasteiger partial charge < -0.3 is 4.90 Å². The first-order chi connectivity index (χ1) is 17.3. The van der Waals surface area contributed by atoms with Gasteiger partial charge in [-0.05, 0) is 66.5 Å². The summed E-state index contributed by atoms with van der Waals surface area (Å²) in [7, 11) is 0. The van der Waals surface area contributed by atoms with E-state index in [2.05, 4.69) is 137 Å². The van der Waals surface area contributed by atoms with Gasteiger partial charge in [0.15, 0.2) is 0 Å². The second kappa shape index (κ2) is 12.0. The van der Waals surface area contributed by atoms with Crippen molar-refractivity contribution in [3.8, 4) is 0 Å². The van der Waals surface area contributed by atoms with Crippen LogP contribution in [0.1, 0.15) is 43.0 Å². The predicted molar refractivity (Wildman–Crippen MR) is 160 cm³/mol. The Balaban J connectivity index is 2.03. The SMILES string of the molecule is C=C/C=C\C(=C)c1cccc(C(C)(C)c2cccc(N(/C=C/C=C(/C)C=C)c3ccc(C)cc3)c2)c1. The van der Waals surface area contributed by atoms with Crippen LogP contribution in [0.2, 0.25) is 0 Å². The van der Waals surface area contributed by atoms with E-state index in [0.717, 1.165) is 28.1 Å². The van der Waals surface area contributed by atoms with Gasteiger partial charge in [0, 0.05) is 23.0 Å². The zero-order valence-corrected chi connectivity index (χ0v) is 22.0. The molecular formula is C35H37N. The van der Waals surface area contributed by atoms with Gasteiger partial charge in [0.1, 0.15) is 0 Å². The van der Waals surface area contributed by atoms with Crippen molar-refractivity contribution in [2.45, 2.75) is 33.1 Å². The lowest BCUT2D eigenvalue weighted by Crippen LogP contribution is -2.20. The van der Waals surface area contributed by atoms with Gasteiger partial charge >= 0.3 is 0 Å². The Morgan fingerprint density at radius 1 is 0.833 bits per heavy atom. The fourth-order valence-electron chi connectivity index (χ4n) is 3.97. The van der Waals surface area contributed by atoms with Gasteiger partial charge in [-0.25, -0.2) is 0 Å². The fraction of sp³-hybridized carbons (Fsp3) is 0.143. The molecule has 0 aliphatic carbocycles. The van der Waals surface area contributed by atoms with E-state index in [1.165, 1.54) is 16.7 Å². The Bertz CT molecular complexity index is 1310. The Morgan fingerprint density at radius 2 is 1.50 bits per heavy atom. The molecule has 0 aliphatic heterocycles. The lowest BCUT2D eigenvalue weighted by molar-refractivity contribution is 0.640. The smallest absolute Gasteiger partial charge is 0.0458 e. The van der Waals surface area contributed by atoms with Gasteiger partial charge in [0.05, 0.1) is 0 Å². The maximum atomic E-state index is 4.22. The molecule has 0 aromatic heterocycles. The number of hydrogen-bond acceptors (Lipinski definition) is 1. The van der Waals surface area contributed by atoms with Crippen molar-refractivity contribution in [2.24, 2.45) is 0 Å². The topological polar surface area (TPSA) is 3.24 Å². The van der Waals surface area contributed by atoms with E-state index >= 15 is 0 Å². The highest BCUT2D eigenvalue weighted by Gasteiger charge is 2.24. The lowest BCUT2D eigenvalue weighted by atomic mass is 9.77. The average Bonchev–Trinajstić information content (AvgIpc) is 2.90. The second-order valence-corrected chi connectivity index (χ2v) is 9.54. The molecule has 0 fully saturated rings. The van der Waals surface area contributed by atoms with Crippen LogP contribution in [-0.4, -0.2) is 0 Å². The summed E-state index contributed by atoms with van der Waals surface area (Å²) in [6, 6.07) is 26.1. The van der Waals surface area contributed by atoms with E-state index in [1.807, 2.05) is 25.2 Å². The maximum absolute atomic E-state index is 4.22. The first-order valence-corrected chi connectivity index (χ1v) is 12.3. The summed E-state index contributed by atoms with van der Waals surface area (Å²) in [6.45, 7) is 20.5.